The molecule has 57 heavy (non-hydrogen) atoms. The molecule has 3 heteroatoms. The van der Waals surface area contributed by atoms with E-state index in [4.69, 9.17) is 0 Å². The number of nitrogens with zero attached hydrogens (tertiary/aromatic N) is 2. The van der Waals surface area contributed by atoms with Crippen LogP contribution in [0.15, 0.2) is 164 Å². The Hall–Kier alpha value is -5.64. The summed E-state index contributed by atoms with van der Waals surface area (Å²) in [5.74, 6) is 0. The molecule has 8 aromatic rings. The van der Waals surface area contributed by atoms with Crippen LogP contribution in [-0.4, -0.2) is 0 Å². The molecule has 0 spiro atoms. The van der Waals surface area contributed by atoms with Crippen LogP contribution < -0.4 is 9.80 Å². The second kappa shape index (κ2) is 14.7. The number of hydrogen-bond acceptors (Lipinski definition) is 3. The van der Waals surface area contributed by atoms with Crippen molar-refractivity contribution < 1.29 is 0 Å². The molecule has 0 atom stereocenters. The van der Waals surface area contributed by atoms with Gasteiger partial charge in [0.1, 0.15) is 0 Å². The minimum Gasteiger partial charge on any atom is -0.310 e. The van der Waals surface area contributed by atoms with Gasteiger partial charge >= 0.3 is 0 Å². The van der Waals surface area contributed by atoms with Crippen LogP contribution in [0.5, 0.6) is 0 Å². The summed E-state index contributed by atoms with van der Waals surface area (Å²) in [5, 5.41) is 2.60. The highest BCUT2D eigenvalue weighted by Crippen LogP contribution is 2.51. The fourth-order valence-corrected chi connectivity index (χ4v) is 8.94. The van der Waals surface area contributed by atoms with Crippen LogP contribution in [0.4, 0.5) is 34.1 Å². The van der Waals surface area contributed by atoms with Gasteiger partial charge in [0.2, 0.25) is 0 Å². The van der Waals surface area contributed by atoms with E-state index in [2.05, 4.69) is 236 Å². The molecular weight excluding hydrogens is 709 g/mol. The third-order valence-corrected chi connectivity index (χ3v) is 12.3. The van der Waals surface area contributed by atoms with Crippen LogP contribution in [0.1, 0.15) is 79.0 Å². The molecule has 0 aliphatic heterocycles. The van der Waals surface area contributed by atoms with E-state index in [1.165, 1.54) is 42.4 Å². The summed E-state index contributed by atoms with van der Waals surface area (Å²) < 4.78 is 2.59. The van der Waals surface area contributed by atoms with Gasteiger partial charge in [0.15, 0.2) is 0 Å². The SMILES string of the molecule is CC(C)(C)c1ccc(N(c2ccccc2)c2cc(C(C)(C)C)cc(N(c3ccc(C(C)(C)C)cc3)c3ccc4c(c3)sc3ccccc34)c2-c2ccccc2)cc1. The van der Waals surface area contributed by atoms with Gasteiger partial charge in [-0.15, -0.1) is 11.3 Å². The number of para-hydroxylation sites is 1. The maximum atomic E-state index is 2.50. The Morgan fingerprint density at radius 1 is 0.351 bits per heavy atom. The quantitative estimate of drug-likeness (QED) is 0.160. The standard InChI is InChI=1S/C54H54N2S/c1-52(2,3)38-24-28-42(29-25-38)55(41-20-14-11-15-21-41)47-34-40(54(7,8)9)35-48(51(47)37-18-12-10-13-19-37)56(43-30-26-39(27-31-43)53(4,5)6)44-32-33-46-45-22-16-17-23-49(45)57-50(46)36-44/h10-36H,1-9H3. The van der Waals surface area contributed by atoms with Gasteiger partial charge in [-0.3, -0.25) is 0 Å². The molecule has 0 saturated carbocycles. The van der Waals surface area contributed by atoms with E-state index in [1.807, 2.05) is 11.3 Å². The van der Waals surface area contributed by atoms with Crippen molar-refractivity contribution in [2.24, 2.45) is 0 Å². The summed E-state index contributed by atoms with van der Waals surface area (Å²) in [6.45, 7) is 20.7. The largest absolute Gasteiger partial charge is 0.310 e. The molecule has 0 fully saturated rings. The Labute approximate surface area is 344 Å². The lowest BCUT2D eigenvalue weighted by atomic mass is 9.83. The lowest BCUT2D eigenvalue weighted by molar-refractivity contribution is 0.589. The predicted octanol–water partition coefficient (Wildman–Crippen LogP) is 16.6. The first kappa shape index (κ1) is 38.2. The number of rotatable bonds is 7. The number of thiophene rings is 1. The maximum Gasteiger partial charge on any atom is 0.0564 e. The van der Waals surface area contributed by atoms with E-state index in [0.717, 1.165) is 39.7 Å². The van der Waals surface area contributed by atoms with Crippen molar-refractivity contribution in [1.29, 1.82) is 0 Å². The molecule has 1 heterocycles. The fraction of sp³-hybridized carbons (Fsp3) is 0.222. The minimum absolute atomic E-state index is 0.0343. The number of hydrogen-bond donors (Lipinski definition) is 0. The summed E-state index contributed by atoms with van der Waals surface area (Å²) >= 11 is 1.87. The molecule has 0 aliphatic rings. The molecule has 8 rings (SSSR count). The molecule has 0 radical (unpaired) electrons. The van der Waals surface area contributed by atoms with Gasteiger partial charge in [0.25, 0.3) is 0 Å². The van der Waals surface area contributed by atoms with Crippen molar-refractivity contribution in [1.82, 2.24) is 0 Å². The fourth-order valence-electron chi connectivity index (χ4n) is 7.80. The van der Waals surface area contributed by atoms with E-state index in [0.29, 0.717) is 0 Å². The zero-order valence-electron chi connectivity index (χ0n) is 34.9. The second-order valence-corrected chi connectivity index (χ2v) is 19.5. The van der Waals surface area contributed by atoms with Crippen LogP contribution >= 0.6 is 11.3 Å². The van der Waals surface area contributed by atoms with Crippen molar-refractivity contribution in [3.8, 4) is 11.1 Å². The van der Waals surface area contributed by atoms with Gasteiger partial charge in [-0.05, 0) is 105 Å². The molecule has 1 aromatic heterocycles. The van der Waals surface area contributed by atoms with Crippen LogP contribution in [0.25, 0.3) is 31.3 Å². The maximum absolute atomic E-state index is 2.50. The van der Waals surface area contributed by atoms with Crippen molar-refractivity contribution in [2.45, 2.75) is 78.6 Å². The van der Waals surface area contributed by atoms with Crippen molar-refractivity contribution in [3.63, 3.8) is 0 Å². The van der Waals surface area contributed by atoms with Gasteiger partial charge in [-0.2, -0.15) is 0 Å². The molecule has 0 unspecified atom stereocenters. The Morgan fingerprint density at radius 3 is 1.30 bits per heavy atom. The second-order valence-electron chi connectivity index (χ2n) is 18.4. The summed E-state index contributed by atoms with van der Waals surface area (Å²) in [7, 11) is 0. The van der Waals surface area contributed by atoms with E-state index >= 15 is 0 Å². The van der Waals surface area contributed by atoms with Crippen LogP contribution in [0.2, 0.25) is 0 Å². The van der Waals surface area contributed by atoms with Crippen LogP contribution in [0.3, 0.4) is 0 Å². The summed E-state index contributed by atoms with van der Waals surface area (Å²) in [5.41, 5.74) is 12.9. The lowest BCUT2D eigenvalue weighted by Crippen LogP contribution is -2.20. The third-order valence-electron chi connectivity index (χ3n) is 11.1. The number of anilines is 6. The summed E-state index contributed by atoms with van der Waals surface area (Å²) in [6, 6.07) is 61.0. The predicted molar refractivity (Wildman–Crippen MR) is 250 cm³/mol. The summed E-state index contributed by atoms with van der Waals surface area (Å²) in [4.78, 5) is 4.97. The average molecular weight is 763 g/mol. The molecule has 0 aliphatic carbocycles. The molecule has 0 N–H and O–H groups in total. The monoisotopic (exact) mass is 762 g/mol. The van der Waals surface area contributed by atoms with E-state index in [9.17, 15) is 0 Å². The zero-order valence-corrected chi connectivity index (χ0v) is 35.7. The van der Waals surface area contributed by atoms with Crippen molar-refractivity contribution in [2.75, 3.05) is 9.80 Å². The van der Waals surface area contributed by atoms with Gasteiger partial charge < -0.3 is 9.80 Å². The molecule has 0 saturated heterocycles. The average Bonchev–Trinajstić information content (AvgIpc) is 3.56. The minimum atomic E-state index is -0.144. The zero-order chi connectivity index (χ0) is 40.1. The summed E-state index contributed by atoms with van der Waals surface area (Å²) in [6.07, 6.45) is 0. The van der Waals surface area contributed by atoms with Gasteiger partial charge in [-0.25, -0.2) is 0 Å². The molecular formula is C54H54N2S. The lowest BCUT2D eigenvalue weighted by Gasteiger charge is -2.35. The molecule has 7 aromatic carbocycles. The first-order valence-electron chi connectivity index (χ1n) is 20.2. The van der Waals surface area contributed by atoms with E-state index in [-0.39, 0.29) is 16.2 Å². The first-order valence-corrected chi connectivity index (χ1v) is 21.0. The molecule has 286 valence electrons. The highest BCUT2D eigenvalue weighted by atomic mass is 32.1. The van der Waals surface area contributed by atoms with Crippen molar-refractivity contribution in [3.05, 3.63) is 180 Å². The molecule has 2 nitrogen and oxygen atoms in total. The topological polar surface area (TPSA) is 6.48 Å². The Balaban J connectivity index is 1.48. The first-order chi connectivity index (χ1) is 27.2. The van der Waals surface area contributed by atoms with E-state index < -0.39 is 0 Å². The Kier molecular flexibility index (Phi) is 9.86. The highest BCUT2D eigenvalue weighted by molar-refractivity contribution is 7.25. The van der Waals surface area contributed by atoms with Crippen LogP contribution in [-0.2, 0) is 16.2 Å². The smallest absolute Gasteiger partial charge is 0.0564 e. The molecule has 0 amide bonds. The van der Waals surface area contributed by atoms with Gasteiger partial charge in [-0.1, -0.05) is 159 Å². The Morgan fingerprint density at radius 2 is 0.772 bits per heavy atom. The Bertz CT molecular complexity index is 2650. The van der Waals surface area contributed by atoms with Gasteiger partial charge in [0.05, 0.1) is 11.4 Å². The van der Waals surface area contributed by atoms with Crippen molar-refractivity contribution >= 4 is 65.6 Å². The van der Waals surface area contributed by atoms with E-state index in [1.54, 1.807) is 0 Å². The number of benzene rings is 7. The normalized spacial score (nSPS) is 12.3. The highest BCUT2D eigenvalue weighted by Gasteiger charge is 2.29. The third kappa shape index (κ3) is 7.62. The van der Waals surface area contributed by atoms with Gasteiger partial charge in [0, 0.05) is 48.5 Å². The van der Waals surface area contributed by atoms with Crippen LogP contribution in [0, 0.1) is 0 Å². The number of fused-ring (bicyclic) bond motifs is 3. The molecule has 0 bridgehead atoms.